The van der Waals surface area contributed by atoms with Crippen LogP contribution in [0, 0.1) is 5.82 Å². The maximum atomic E-state index is 13.4. The summed E-state index contributed by atoms with van der Waals surface area (Å²) in [6.45, 7) is 0. The van der Waals surface area contributed by atoms with Gasteiger partial charge in [0.05, 0.1) is 5.69 Å². The summed E-state index contributed by atoms with van der Waals surface area (Å²) < 4.78 is 13.4. The van der Waals surface area contributed by atoms with E-state index in [-0.39, 0.29) is 5.82 Å². The number of halogens is 2. The number of nitrogens with one attached hydrogen (secondary N) is 1. The molecule has 0 spiro atoms. The largest absolute Gasteiger partial charge is 0.379 e. The lowest BCUT2D eigenvalue weighted by molar-refractivity contribution is 0.620. The predicted molar refractivity (Wildman–Crippen MR) is 65.4 cm³/mol. The molecule has 0 aliphatic carbocycles. The Morgan fingerprint density at radius 2 is 2.33 bits per heavy atom. The first-order chi connectivity index (χ1) is 7.25. The summed E-state index contributed by atoms with van der Waals surface area (Å²) in [7, 11) is 0. The minimum atomic E-state index is -0.227. The number of hydrogen-bond donors (Lipinski definition) is 1. The van der Waals surface area contributed by atoms with E-state index >= 15 is 0 Å². The molecule has 1 aromatic carbocycles. The van der Waals surface area contributed by atoms with Crippen molar-refractivity contribution < 1.29 is 4.39 Å². The normalized spacial score (nSPS) is 21.3. The second-order valence-electron chi connectivity index (χ2n) is 3.68. The summed E-state index contributed by atoms with van der Waals surface area (Å²) in [6.07, 6.45) is 2.31. The van der Waals surface area contributed by atoms with Crippen molar-refractivity contribution >= 4 is 29.1 Å². The SMILES string of the molecule is Fc1ccc(Cl)cc1NC1CCCSC1. The topological polar surface area (TPSA) is 12.0 Å². The van der Waals surface area contributed by atoms with Crippen molar-refractivity contribution in [2.24, 2.45) is 0 Å². The van der Waals surface area contributed by atoms with Crippen LogP contribution in [0.2, 0.25) is 5.02 Å². The average molecular weight is 246 g/mol. The zero-order valence-electron chi connectivity index (χ0n) is 8.30. The molecule has 1 atom stereocenters. The Balaban J connectivity index is 2.05. The Bertz CT molecular complexity index is 339. The van der Waals surface area contributed by atoms with Crippen molar-refractivity contribution in [3.05, 3.63) is 29.0 Å². The highest BCUT2D eigenvalue weighted by Crippen LogP contribution is 2.24. The van der Waals surface area contributed by atoms with Gasteiger partial charge in [-0.3, -0.25) is 0 Å². The van der Waals surface area contributed by atoms with Crippen LogP contribution in [0.3, 0.4) is 0 Å². The van der Waals surface area contributed by atoms with Crippen molar-refractivity contribution in [2.75, 3.05) is 16.8 Å². The van der Waals surface area contributed by atoms with Gasteiger partial charge in [0, 0.05) is 16.8 Å². The predicted octanol–water partition coefficient (Wildman–Crippen LogP) is 3.79. The van der Waals surface area contributed by atoms with Crippen LogP contribution in [0.5, 0.6) is 0 Å². The third-order valence-electron chi connectivity index (χ3n) is 2.45. The maximum absolute atomic E-state index is 13.4. The van der Waals surface area contributed by atoms with Gasteiger partial charge in [-0.05, 0) is 36.8 Å². The molecule has 1 aliphatic heterocycles. The van der Waals surface area contributed by atoms with Crippen LogP contribution in [0.15, 0.2) is 18.2 Å². The Labute approximate surface area is 98.4 Å². The summed E-state index contributed by atoms with van der Waals surface area (Å²) in [5, 5.41) is 3.78. The molecule has 0 radical (unpaired) electrons. The summed E-state index contributed by atoms with van der Waals surface area (Å²) in [5.74, 6) is 2.04. The van der Waals surface area contributed by atoms with E-state index < -0.39 is 0 Å². The van der Waals surface area contributed by atoms with Crippen LogP contribution in [0.4, 0.5) is 10.1 Å². The van der Waals surface area contributed by atoms with Crippen LogP contribution in [0.25, 0.3) is 0 Å². The van der Waals surface area contributed by atoms with E-state index in [4.69, 9.17) is 11.6 Å². The van der Waals surface area contributed by atoms with Crippen LogP contribution in [-0.4, -0.2) is 17.5 Å². The second-order valence-corrected chi connectivity index (χ2v) is 5.27. The van der Waals surface area contributed by atoms with Gasteiger partial charge in [-0.15, -0.1) is 0 Å². The molecular formula is C11H13ClFNS. The molecular weight excluding hydrogens is 233 g/mol. The van der Waals surface area contributed by atoms with E-state index in [1.54, 1.807) is 12.1 Å². The van der Waals surface area contributed by atoms with Crippen molar-refractivity contribution in [3.8, 4) is 0 Å². The van der Waals surface area contributed by atoms with Crippen molar-refractivity contribution in [1.29, 1.82) is 0 Å². The molecule has 82 valence electrons. The van der Waals surface area contributed by atoms with Crippen LogP contribution < -0.4 is 5.32 Å². The highest BCUT2D eigenvalue weighted by molar-refractivity contribution is 7.99. The van der Waals surface area contributed by atoms with Gasteiger partial charge < -0.3 is 5.32 Å². The fourth-order valence-corrected chi connectivity index (χ4v) is 2.93. The van der Waals surface area contributed by atoms with Gasteiger partial charge in [0.25, 0.3) is 0 Å². The van der Waals surface area contributed by atoms with E-state index in [2.05, 4.69) is 5.32 Å². The number of rotatable bonds is 2. The minimum absolute atomic E-state index is 0.227. The maximum Gasteiger partial charge on any atom is 0.146 e. The zero-order chi connectivity index (χ0) is 10.7. The van der Waals surface area contributed by atoms with Crippen LogP contribution >= 0.6 is 23.4 Å². The molecule has 1 unspecified atom stereocenters. The first kappa shape index (κ1) is 11.1. The molecule has 1 aromatic rings. The smallest absolute Gasteiger partial charge is 0.146 e. The van der Waals surface area contributed by atoms with Crippen molar-refractivity contribution in [2.45, 2.75) is 18.9 Å². The standard InChI is InChI=1S/C11H13ClFNS/c12-8-3-4-10(13)11(6-8)14-9-2-1-5-15-7-9/h3-4,6,9,14H,1-2,5,7H2. The second kappa shape index (κ2) is 5.08. The van der Waals surface area contributed by atoms with Gasteiger partial charge in [0.15, 0.2) is 0 Å². The molecule has 1 saturated heterocycles. The summed E-state index contributed by atoms with van der Waals surface area (Å²) >= 11 is 7.74. The third-order valence-corrected chi connectivity index (χ3v) is 3.90. The summed E-state index contributed by atoms with van der Waals surface area (Å²) in [4.78, 5) is 0. The highest BCUT2D eigenvalue weighted by Gasteiger charge is 2.14. The van der Waals surface area contributed by atoms with Crippen LogP contribution in [-0.2, 0) is 0 Å². The van der Waals surface area contributed by atoms with E-state index in [1.165, 1.54) is 18.2 Å². The molecule has 0 aromatic heterocycles. The lowest BCUT2D eigenvalue weighted by atomic mass is 10.1. The average Bonchev–Trinajstić information content (AvgIpc) is 2.25. The van der Waals surface area contributed by atoms with Gasteiger partial charge in [0.1, 0.15) is 5.82 Å². The monoisotopic (exact) mass is 245 g/mol. The molecule has 1 aliphatic rings. The van der Waals surface area contributed by atoms with Gasteiger partial charge >= 0.3 is 0 Å². The summed E-state index contributed by atoms with van der Waals surface area (Å²) in [6, 6.07) is 4.99. The first-order valence-electron chi connectivity index (χ1n) is 5.05. The van der Waals surface area contributed by atoms with Crippen molar-refractivity contribution in [3.63, 3.8) is 0 Å². The van der Waals surface area contributed by atoms with Gasteiger partial charge in [-0.25, -0.2) is 4.39 Å². The Hall–Kier alpha value is -0.410. The van der Waals surface area contributed by atoms with E-state index in [0.717, 1.165) is 12.2 Å². The molecule has 1 nitrogen and oxygen atoms in total. The number of hydrogen-bond acceptors (Lipinski definition) is 2. The molecule has 0 amide bonds. The minimum Gasteiger partial charge on any atom is -0.379 e. The molecule has 1 N–H and O–H groups in total. The van der Waals surface area contributed by atoms with E-state index in [0.29, 0.717) is 16.8 Å². The Morgan fingerprint density at radius 3 is 3.07 bits per heavy atom. The lowest BCUT2D eigenvalue weighted by Gasteiger charge is -2.23. The quantitative estimate of drug-likeness (QED) is 0.851. The fourth-order valence-electron chi connectivity index (χ4n) is 1.68. The van der Waals surface area contributed by atoms with E-state index in [9.17, 15) is 4.39 Å². The Kier molecular flexibility index (Phi) is 3.76. The highest BCUT2D eigenvalue weighted by atomic mass is 35.5. The fraction of sp³-hybridized carbons (Fsp3) is 0.455. The number of benzene rings is 1. The third kappa shape index (κ3) is 3.02. The lowest BCUT2D eigenvalue weighted by Crippen LogP contribution is -2.26. The van der Waals surface area contributed by atoms with Crippen LogP contribution in [0.1, 0.15) is 12.8 Å². The van der Waals surface area contributed by atoms with E-state index in [1.807, 2.05) is 11.8 Å². The Morgan fingerprint density at radius 1 is 1.47 bits per heavy atom. The molecule has 1 fully saturated rings. The molecule has 0 bridgehead atoms. The van der Waals surface area contributed by atoms with Crippen molar-refractivity contribution in [1.82, 2.24) is 0 Å². The first-order valence-corrected chi connectivity index (χ1v) is 6.58. The molecule has 15 heavy (non-hydrogen) atoms. The number of anilines is 1. The van der Waals surface area contributed by atoms with Gasteiger partial charge in [-0.1, -0.05) is 11.6 Å². The molecule has 0 saturated carbocycles. The molecule has 1 heterocycles. The molecule has 2 rings (SSSR count). The summed E-state index contributed by atoms with van der Waals surface area (Å²) in [5.41, 5.74) is 0.523. The van der Waals surface area contributed by atoms with Gasteiger partial charge in [-0.2, -0.15) is 11.8 Å². The molecule has 4 heteroatoms. The van der Waals surface area contributed by atoms with Gasteiger partial charge in [0.2, 0.25) is 0 Å². The number of thioether (sulfide) groups is 1. The zero-order valence-corrected chi connectivity index (χ0v) is 9.87.